The summed E-state index contributed by atoms with van der Waals surface area (Å²) in [6, 6.07) is 9.36. The second-order valence-electron chi connectivity index (χ2n) is 2.32. The van der Waals surface area contributed by atoms with Gasteiger partial charge in [-0.1, -0.05) is 18.2 Å². The van der Waals surface area contributed by atoms with E-state index >= 15 is 0 Å². The average Bonchev–Trinajstić information content (AvgIpc) is 2.19. The van der Waals surface area contributed by atoms with E-state index in [0.717, 1.165) is 5.56 Å². The maximum atomic E-state index is 8.41. The molecule has 0 bridgehead atoms. The number of aliphatic imine (C=N–C) groups is 1. The lowest BCUT2D eigenvalue weighted by molar-refractivity contribution is 0.329. The molecule has 1 aromatic carbocycles. The van der Waals surface area contributed by atoms with Gasteiger partial charge in [0, 0.05) is 5.56 Å². The third-order valence-corrected chi connectivity index (χ3v) is 1.45. The quantitative estimate of drug-likeness (QED) is 0.391. The van der Waals surface area contributed by atoms with Gasteiger partial charge in [0.05, 0.1) is 6.61 Å². The molecule has 0 spiro atoms. The Bertz CT molecular complexity index is 325. The van der Waals surface area contributed by atoms with Crippen molar-refractivity contribution in [1.82, 2.24) is 0 Å². The van der Waals surface area contributed by atoms with Crippen LogP contribution in [0.3, 0.4) is 0 Å². The Morgan fingerprint density at radius 1 is 1.46 bits per heavy atom. The van der Waals surface area contributed by atoms with Crippen LogP contribution in [0.1, 0.15) is 12.5 Å². The van der Waals surface area contributed by atoms with Crippen LogP contribution < -0.4 is 0 Å². The van der Waals surface area contributed by atoms with Gasteiger partial charge >= 0.3 is 0 Å². The standard InChI is InChI=1S/C10H10N2O/c1-2-13-10(12-8-11)9-6-4-3-5-7-9/h3-7H,2H2,1H3/b12-10-. The molecule has 0 saturated carbocycles. The summed E-state index contributed by atoms with van der Waals surface area (Å²) in [5.74, 6) is 0.380. The molecule has 13 heavy (non-hydrogen) atoms. The second-order valence-corrected chi connectivity index (χ2v) is 2.32. The average molecular weight is 174 g/mol. The molecular formula is C10H10N2O. The number of rotatable bonds is 2. The van der Waals surface area contributed by atoms with Crippen LogP contribution in [0, 0.1) is 11.5 Å². The Morgan fingerprint density at radius 3 is 2.69 bits per heavy atom. The predicted octanol–water partition coefficient (Wildman–Crippen LogP) is 1.95. The topological polar surface area (TPSA) is 45.4 Å². The highest BCUT2D eigenvalue weighted by Gasteiger charge is 2.01. The fourth-order valence-corrected chi connectivity index (χ4v) is 0.943. The van der Waals surface area contributed by atoms with Crippen molar-refractivity contribution in [2.75, 3.05) is 6.61 Å². The summed E-state index contributed by atoms with van der Waals surface area (Å²) in [6.07, 6.45) is 1.71. The molecule has 0 unspecified atom stereocenters. The summed E-state index contributed by atoms with van der Waals surface area (Å²) >= 11 is 0. The third kappa shape index (κ3) is 2.60. The normalized spacial score (nSPS) is 10.6. The van der Waals surface area contributed by atoms with Crippen molar-refractivity contribution in [3.8, 4) is 6.19 Å². The van der Waals surface area contributed by atoms with Crippen molar-refractivity contribution in [2.24, 2.45) is 4.99 Å². The molecule has 0 aromatic heterocycles. The molecule has 0 saturated heterocycles. The van der Waals surface area contributed by atoms with Crippen LogP contribution in [0.25, 0.3) is 0 Å². The van der Waals surface area contributed by atoms with Gasteiger partial charge in [0.25, 0.3) is 0 Å². The van der Waals surface area contributed by atoms with Crippen LogP contribution in [-0.2, 0) is 4.74 Å². The maximum Gasteiger partial charge on any atom is 0.231 e. The Balaban J connectivity index is 2.91. The highest BCUT2D eigenvalue weighted by atomic mass is 16.5. The van der Waals surface area contributed by atoms with E-state index in [1.165, 1.54) is 0 Å². The fourth-order valence-electron chi connectivity index (χ4n) is 0.943. The molecule has 0 aliphatic rings. The Hall–Kier alpha value is -1.82. The molecule has 0 N–H and O–H groups in total. The highest BCUT2D eigenvalue weighted by Crippen LogP contribution is 2.02. The molecular weight excluding hydrogens is 164 g/mol. The maximum absolute atomic E-state index is 8.41. The van der Waals surface area contributed by atoms with Crippen molar-refractivity contribution >= 4 is 5.90 Å². The SMILES string of the molecule is CCO/C(=N\C#N)c1ccccc1. The van der Waals surface area contributed by atoms with E-state index in [4.69, 9.17) is 10.00 Å². The molecule has 3 nitrogen and oxygen atoms in total. The van der Waals surface area contributed by atoms with E-state index in [2.05, 4.69) is 4.99 Å². The van der Waals surface area contributed by atoms with E-state index < -0.39 is 0 Å². The van der Waals surface area contributed by atoms with E-state index in [0.29, 0.717) is 12.5 Å². The summed E-state index contributed by atoms with van der Waals surface area (Å²) in [5.41, 5.74) is 0.825. The van der Waals surface area contributed by atoms with E-state index in [1.807, 2.05) is 37.3 Å². The lowest BCUT2D eigenvalue weighted by Gasteiger charge is -2.04. The lowest BCUT2D eigenvalue weighted by atomic mass is 10.2. The molecule has 0 amide bonds. The molecule has 1 aromatic rings. The van der Waals surface area contributed by atoms with Crippen LogP contribution in [-0.4, -0.2) is 12.5 Å². The van der Waals surface area contributed by atoms with E-state index in [-0.39, 0.29) is 0 Å². The molecule has 0 atom stereocenters. The molecule has 0 aliphatic heterocycles. The fraction of sp³-hybridized carbons (Fsp3) is 0.200. The van der Waals surface area contributed by atoms with Crippen molar-refractivity contribution in [3.63, 3.8) is 0 Å². The van der Waals surface area contributed by atoms with Gasteiger partial charge in [0.2, 0.25) is 12.1 Å². The first kappa shape index (κ1) is 9.27. The van der Waals surface area contributed by atoms with Gasteiger partial charge in [0.1, 0.15) is 0 Å². The number of nitrogens with zero attached hydrogens (tertiary/aromatic N) is 2. The zero-order valence-corrected chi connectivity index (χ0v) is 7.40. The summed E-state index contributed by atoms with van der Waals surface area (Å²) in [6.45, 7) is 2.37. The smallest absolute Gasteiger partial charge is 0.231 e. The van der Waals surface area contributed by atoms with Crippen molar-refractivity contribution < 1.29 is 4.74 Å². The van der Waals surface area contributed by atoms with Crippen molar-refractivity contribution in [3.05, 3.63) is 35.9 Å². The molecule has 66 valence electrons. The first-order valence-electron chi connectivity index (χ1n) is 4.03. The Morgan fingerprint density at radius 2 is 2.15 bits per heavy atom. The second kappa shape index (κ2) is 4.94. The summed E-state index contributed by atoms with van der Waals surface area (Å²) in [5, 5.41) is 8.41. The van der Waals surface area contributed by atoms with Crippen molar-refractivity contribution in [2.45, 2.75) is 6.92 Å². The number of nitriles is 1. The molecule has 0 radical (unpaired) electrons. The Labute approximate surface area is 77.3 Å². The molecule has 1 rings (SSSR count). The van der Waals surface area contributed by atoms with Crippen molar-refractivity contribution in [1.29, 1.82) is 5.26 Å². The van der Waals surface area contributed by atoms with E-state index in [9.17, 15) is 0 Å². The Kier molecular flexibility index (Phi) is 3.52. The van der Waals surface area contributed by atoms with Crippen LogP contribution in [0.5, 0.6) is 0 Å². The van der Waals surface area contributed by atoms with Gasteiger partial charge in [-0.15, -0.1) is 4.99 Å². The zero-order chi connectivity index (χ0) is 9.52. The lowest BCUT2D eigenvalue weighted by Crippen LogP contribution is -2.05. The minimum Gasteiger partial charge on any atom is -0.477 e. The van der Waals surface area contributed by atoms with E-state index in [1.54, 1.807) is 6.19 Å². The number of benzene rings is 1. The van der Waals surface area contributed by atoms with Gasteiger partial charge in [-0.05, 0) is 19.1 Å². The van der Waals surface area contributed by atoms with Gasteiger partial charge < -0.3 is 4.74 Å². The summed E-state index contributed by atoms with van der Waals surface area (Å²) in [7, 11) is 0. The largest absolute Gasteiger partial charge is 0.477 e. The zero-order valence-electron chi connectivity index (χ0n) is 7.40. The molecule has 0 heterocycles. The van der Waals surface area contributed by atoms with Crippen LogP contribution in [0.15, 0.2) is 35.3 Å². The van der Waals surface area contributed by atoms with Crippen LogP contribution in [0.4, 0.5) is 0 Å². The third-order valence-electron chi connectivity index (χ3n) is 1.45. The van der Waals surface area contributed by atoms with Crippen LogP contribution in [0.2, 0.25) is 0 Å². The number of hydrogen-bond acceptors (Lipinski definition) is 3. The van der Waals surface area contributed by atoms with Gasteiger partial charge in [0.15, 0.2) is 0 Å². The van der Waals surface area contributed by atoms with Gasteiger partial charge in [-0.3, -0.25) is 0 Å². The predicted molar refractivity (Wildman–Crippen MR) is 50.2 cm³/mol. The molecule has 3 heteroatoms. The number of ether oxygens (including phenoxy) is 1. The first-order valence-corrected chi connectivity index (χ1v) is 4.03. The summed E-state index contributed by atoms with van der Waals surface area (Å²) in [4.78, 5) is 3.58. The molecule has 0 fully saturated rings. The minimum atomic E-state index is 0.380. The minimum absolute atomic E-state index is 0.380. The number of hydrogen-bond donors (Lipinski definition) is 0. The van der Waals surface area contributed by atoms with Gasteiger partial charge in [-0.2, -0.15) is 5.26 Å². The monoisotopic (exact) mass is 174 g/mol. The summed E-state index contributed by atoms with van der Waals surface area (Å²) < 4.78 is 5.20. The molecule has 0 aliphatic carbocycles. The van der Waals surface area contributed by atoms with Gasteiger partial charge in [-0.25, -0.2) is 0 Å². The highest BCUT2D eigenvalue weighted by molar-refractivity contribution is 5.94. The first-order chi connectivity index (χ1) is 6.38. The van der Waals surface area contributed by atoms with Crippen LogP contribution >= 0.6 is 0 Å².